The second-order valence-electron chi connectivity index (χ2n) is 4.84. The summed E-state index contributed by atoms with van der Waals surface area (Å²) in [4.78, 5) is 4.47. The third-order valence-corrected chi connectivity index (χ3v) is 3.15. The zero-order valence-electron chi connectivity index (χ0n) is 12.4. The van der Waals surface area contributed by atoms with Crippen LogP contribution in [-0.4, -0.2) is 16.0 Å². The van der Waals surface area contributed by atoms with E-state index in [9.17, 15) is 0 Å². The second kappa shape index (κ2) is 6.26. The molecule has 0 radical (unpaired) electrons. The smallest absolute Gasteiger partial charge is 0.173 e. The second-order valence-corrected chi connectivity index (χ2v) is 4.84. The molecule has 1 aromatic carbocycles. The van der Waals surface area contributed by atoms with Crippen molar-refractivity contribution in [2.45, 2.75) is 27.2 Å². The summed E-state index contributed by atoms with van der Waals surface area (Å²) in [5, 5.41) is 11.9. The van der Waals surface area contributed by atoms with Crippen LogP contribution in [0.1, 0.15) is 29.4 Å². The fourth-order valence-electron chi connectivity index (χ4n) is 2.04. The van der Waals surface area contributed by atoms with Gasteiger partial charge in [0, 0.05) is 5.69 Å². The molecule has 0 amide bonds. The van der Waals surface area contributed by atoms with E-state index < -0.39 is 0 Å². The average molecular weight is 285 g/mol. The fourth-order valence-corrected chi connectivity index (χ4v) is 2.04. The highest BCUT2D eigenvalue weighted by Gasteiger charge is 2.12. The van der Waals surface area contributed by atoms with Crippen LogP contribution in [0.2, 0.25) is 0 Å². The molecule has 0 saturated carbocycles. The molecule has 0 fully saturated rings. The van der Waals surface area contributed by atoms with Gasteiger partial charge in [-0.25, -0.2) is 0 Å². The van der Waals surface area contributed by atoms with Crippen molar-refractivity contribution in [1.82, 2.24) is 4.98 Å². The number of hydrogen-bond donors (Lipinski definition) is 2. The number of benzene rings is 1. The lowest BCUT2D eigenvalue weighted by Gasteiger charge is -2.13. The lowest BCUT2D eigenvalue weighted by Crippen LogP contribution is -2.14. The SMILES string of the molecule is CCc1nc(C)ccc1Oc1cc(C)ccc1/C(N)=N/O. The normalized spacial score (nSPS) is 11.5. The van der Waals surface area contributed by atoms with Gasteiger partial charge in [-0.05, 0) is 50.1 Å². The number of hydrogen-bond acceptors (Lipinski definition) is 4. The Morgan fingerprint density at radius 3 is 2.67 bits per heavy atom. The fraction of sp³-hybridized carbons (Fsp3) is 0.250. The molecule has 0 aliphatic carbocycles. The Labute approximate surface area is 124 Å². The number of aromatic nitrogens is 1. The summed E-state index contributed by atoms with van der Waals surface area (Å²) in [5.41, 5.74) is 9.09. The van der Waals surface area contributed by atoms with Gasteiger partial charge in [-0.2, -0.15) is 0 Å². The maximum Gasteiger partial charge on any atom is 0.173 e. The number of nitrogens with zero attached hydrogens (tertiary/aromatic N) is 2. The van der Waals surface area contributed by atoms with Crippen LogP contribution in [0, 0.1) is 13.8 Å². The topological polar surface area (TPSA) is 80.7 Å². The lowest BCUT2D eigenvalue weighted by molar-refractivity contribution is 0.318. The van der Waals surface area contributed by atoms with Crippen LogP contribution in [0.25, 0.3) is 0 Å². The molecule has 0 spiro atoms. The number of aryl methyl sites for hydroxylation is 3. The predicted molar refractivity (Wildman–Crippen MR) is 82.1 cm³/mol. The number of rotatable bonds is 4. The quantitative estimate of drug-likeness (QED) is 0.391. The van der Waals surface area contributed by atoms with Gasteiger partial charge in [-0.1, -0.05) is 18.1 Å². The van der Waals surface area contributed by atoms with Gasteiger partial charge in [0.2, 0.25) is 0 Å². The van der Waals surface area contributed by atoms with Crippen molar-refractivity contribution in [3.05, 3.63) is 52.8 Å². The molecule has 1 heterocycles. The molecule has 2 aromatic rings. The van der Waals surface area contributed by atoms with E-state index in [1.54, 1.807) is 6.07 Å². The molecule has 5 nitrogen and oxygen atoms in total. The molecular formula is C16H19N3O2. The molecule has 2 rings (SSSR count). The summed E-state index contributed by atoms with van der Waals surface area (Å²) in [6.07, 6.45) is 0.766. The Morgan fingerprint density at radius 1 is 1.24 bits per heavy atom. The molecular weight excluding hydrogens is 266 g/mol. The first-order valence-electron chi connectivity index (χ1n) is 6.78. The zero-order chi connectivity index (χ0) is 15.4. The minimum absolute atomic E-state index is 0.0168. The van der Waals surface area contributed by atoms with Crippen molar-refractivity contribution < 1.29 is 9.94 Å². The van der Waals surface area contributed by atoms with Gasteiger partial charge in [0.15, 0.2) is 5.84 Å². The number of amidine groups is 1. The van der Waals surface area contributed by atoms with Gasteiger partial charge in [-0.3, -0.25) is 4.98 Å². The van der Waals surface area contributed by atoms with Crippen LogP contribution in [0.4, 0.5) is 0 Å². The standard InChI is InChI=1S/C16H19N3O2/c1-4-13-14(8-6-11(3)18-13)21-15-9-10(2)5-7-12(15)16(17)19-20/h5-9,20H,4H2,1-3H3,(H2,17,19). The summed E-state index contributed by atoms with van der Waals surface area (Å²) >= 11 is 0. The minimum atomic E-state index is 0.0168. The van der Waals surface area contributed by atoms with Crippen molar-refractivity contribution in [3.63, 3.8) is 0 Å². The van der Waals surface area contributed by atoms with E-state index >= 15 is 0 Å². The van der Waals surface area contributed by atoms with Crippen molar-refractivity contribution in [2.75, 3.05) is 0 Å². The molecule has 21 heavy (non-hydrogen) atoms. The van der Waals surface area contributed by atoms with Crippen LogP contribution in [0.5, 0.6) is 11.5 Å². The van der Waals surface area contributed by atoms with Crippen molar-refractivity contribution in [3.8, 4) is 11.5 Å². The van der Waals surface area contributed by atoms with E-state index in [0.29, 0.717) is 17.1 Å². The number of oxime groups is 1. The zero-order valence-corrected chi connectivity index (χ0v) is 12.4. The van der Waals surface area contributed by atoms with Crippen LogP contribution in [0.3, 0.4) is 0 Å². The van der Waals surface area contributed by atoms with Gasteiger partial charge < -0.3 is 15.7 Å². The van der Waals surface area contributed by atoms with Crippen molar-refractivity contribution >= 4 is 5.84 Å². The molecule has 5 heteroatoms. The third-order valence-electron chi connectivity index (χ3n) is 3.15. The van der Waals surface area contributed by atoms with Gasteiger partial charge >= 0.3 is 0 Å². The Kier molecular flexibility index (Phi) is 4.42. The molecule has 1 aromatic heterocycles. The lowest BCUT2D eigenvalue weighted by atomic mass is 10.1. The predicted octanol–water partition coefficient (Wildman–Crippen LogP) is 3.15. The first kappa shape index (κ1) is 14.8. The molecule has 0 atom stereocenters. The summed E-state index contributed by atoms with van der Waals surface area (Å²) in [5.74, 6) is 1.24. The highest BCUT2D eigenvalue weighted by Crippen LogP contribution is 2.29. The Balaban J connectivity index is 2.46. The summed E-state index contributed by atoms with van der Waals surface area (Å²) in [6.45, 7) is 5.92. The number of nitrogens with two attached hydrogens (primary N) is 1. The highest BCUT2D eigenvalue weighted by atomic mass is 16.5. The Bertz CT molecular complexity index is 681. The van der Waals surface area contributed by atoms with Crippen LogP contribution >= 0.6 is 0 Å². The van der Waals surface area contributed by atoms with Gasteiger partial charge in [-0.15, -0.1) is 0 Å². The maximum atomic E-state index is 8.88. The van der Waals surface area contributed by atoms with Gasteiger partial charge in [0.25, 0.3) is 0 Å². The molecule has 0 saturated heterocycles. The van der Waals surface area contributed by atoms with E-state index in [1.807, 2.05) is 45.0 Å². The first-order valence-corrected chi connectivity index (χ1v) is 6.78. The molecule has 3 N–H and O–H groups in total. The molecule has 0 bridgehead atoms. The largest absolute Gasteiger partial charge is 0.455 e. The van der Waals surface area contributed by atoms with Crippen LogP contribution in [0.15, 0.2) is 35.5 Å². The van der Waals surface area contributed by atoms with E-state index in [0.717, 1.165) is 23.4 Å². The first-order chi connectivity index (χ1) is 10.0. The van der Waals surface area contributed by atoms with E-state index in [2.05, 4.69) is 10.1 Å². The van der Waals surface area contributed by atoms with Crippen molar-refractivity contribution in [2.24, 2.45) is 10.9 Å². The summed E-state index contributed by atoms with van der Waals surface area (Å²) in [6, 6.07) is 9.29. The summed E-state index contributed by atoms with van der Waals surface area (Å²) in [7, 11) is 0. The highest BCUT2D eigenvalue weighted by molar-refractivity contribution is 5.99. The third kappa shape index (κ3) is 3.31. The van der Waals surface area contributed by atoms with E-state index in [-0.39, 0.29) is 5.84 Å². The molecule has 110 valence electrons. The summed E-state index contributed by atoms with van der Waals surface area (Å²) < 4.78 is 5.96. The minimum Gasteiger partial charge on any atom is -0.455 e. The number of pyridine rings is 1. The average Bonchev–Trinajstić information content (AvgIpc) is 2.48. The van der Waals surface area contributed by atoms with Crippen LogP contribution in [-0.2, 0) is 6.42 Å². The number of ether oxygens (including phenoxy) is 1. The van der Waals surface area contributed by atoms with E-state index in [4.69, 9.17) is 15.7 Å². The van der Waals surface area contributed by atoms with Crippen molar-refractivity contribution in [1.29, 1.82) is 0 Å². The van der Waals surface area contributed by atoms with Crippen LogP contribution < -0.4 is 10.5 Å². The maximum absolute atomic E-state index is 8.88. The Hall–Kier alpha value is -2.56. The Morgan fingerprint density at radius 2 is 2.00 bits per heavy atom. The molecule has 0 aliphatic rings. The molecule has 0 aliphatic heterocycles. The van der Waals surface area contributed by atoms with Gasteiger partial charge in [0.1, 0.15) is 11.5 Å². The molecule has 0 unspecified atom stereocenters. The monoisotopic (exact) mass is 285 g/mol. The van der Waals surface area contributed by atoms with Gasteiger partial charge in [0.05, 0.1) is 11.3 Å². The van der Waals surface area contributed by atoms with E-state index in [1.165, 1.54) is 0 Å².